The Labute approximate surface area is 401 Å². The van der Waals surface area contributed by atoms with Crippen LogP contribution in [0.4, 0.5) is 28.4 Å². The van der Waals surface area contributed by atoms with Crippen LogP contribution in [0.5, 0.6) is 5.75 Å². The van der Waals surface area contributed by atoms with Gasteiger partial charge in [-0.1, -0.05) is 62.7 Å². The molecule has 24 heteroatoms. The summed E-state index contributed by atoms with van der Waals surface area (Å²) >= 11 is 11.8. The molecule has 0 fully saturated rings. The average Bonchev–Trinajstić information content (AvgIpc) is 3.29. The zero-order chi connectivity index (χ0) is 49.6. The largest absolute Gasteiger partial charge is 0.505 e. The lowest BCUT2D eigenvalue weighted by Gasteiger charge is -2.22. The van der Waals surface area contributed by atoms with Crippen molar-refractivity contribution >= 4 is 83.0 Å². The van der Waals surface area contributed by atoms with Crippen LogP contribution in [0.2, 0.25) is 10.0 Å². The van der Waals surface area contributed by atoms with Crippen molar-refractivity contribution in [3.63, 3.8) is 0 Å². The lowest BCUT2D eigenvalue weighted by Crippen LogP contribution is -2.16. The Kier molecular flexibility index (Phi) is 30.5. The minimum atomic E-state index is -3.53. The third-order valence-electron chi connectivity index (χ3n) is 8.47. The number of nitrogens with one attached hydrogen (secondary N) is 4. The number of unbranched alkanes of at least 4 members (excludes halogenated alkanes) is 4. The molecule has 3 aromatic carbocycles. The highest BCUT2D eigenvalue weighted by Gasteiger charge is 2.26. The summed E-state index contributed by atoms with van der Waals surface area (Å²) in [6.07, 6.45) is 9.01. The van der Waals surface area contributed by atoms with Crippen molar-refractivity contribution in [1.82, 2.24) is 0 Å². The molecule has 66 heavy (non-hydrogen) atoms. The van der Waals surface area contributed by atoms with Crippen LogP contribution in [0, 0.1) is 30.5 Å². The van der Waals surface area contributed by atoms with E-state index in [2.05, 4.69) is 57.7 Å². The Balaban J connectivity index is 0.000000497. The molecule has 0 bridgehead atoms. The summed E-state index contributed by atoms with van der Waals surface area (Å²) in [7, 11) is -7.24. The number of hydrogen-bond acceptors (Lipinski definition) is 15. The second-order valence-corrected chi connectivity index (χ2v) is 20.9. The maximum Gasteiger partial charge on any atom is 0.432 e. The third kappa shape index (κ3) is 23.6. The molecule has 0 saturated heterocycles. The number of aliphatic hydroxyl groups is 2. The number of benzene rings is 3. The lowest BCUT2D eigenvalue weighted by atomic mass is 10.2. The van der Waals surface area contributed by atoms with E-state index in [-0.39, 0.29) is 15.8 Å². The Hall–Kier alpha value is -3.40. The van der Waals surface area contributed by atoms with Crippen molar-refractivity contribution in [2.24, 2.45) is 0 Å². The third-order valence-corrected chi connectivity index (χ3v) is 14.7. The van der Waals surface area contributed by atoms with Gasteiger partial charge in [0.2, 0.25) is 8.15 Å². The first-order chi connectivity index (χ1) is 31.4. The first kappa shape index (κ1) is 60.6. The molecular formula is C42H65Cl2N5O13P4. The molecule has 7 N–H and O–H groups in total. The van der Waals surface area contributed by atoms with Crippen LogP contribution < -0.4 is 25.6 Å². The van der Waals surface area contributed by atoms with E-state index in [1.54, 1.807) is 50.3 Å². The number of anilines is 5. The summed E-state index contributed by atoms with van der Waals surface area (Å²) in [5.41, 5.74) is 11.5. The van der Waals surface area contributed by atoms with Gasteiger partial charge < -0.3 is 20.2 Å². The smallest absolute Gasteiger partial charge is 0.432 e. The van der Waals surface area contributed by atoms with Crippen molar-refractivity contribution in [3.05, 3.63) is 70.2 Å². The number of phenolic OH excluding ortho intramolecular Hbond substituents is 1. The number of hydrogen-bond donors (Lipinski definition) is 7. The van der Waals surface area contributed by atoms with E-state index in [1.165, 1.54) is 26.4 Å². The van der Waals surface area contributed by atoms with Gasteiger partial charge in [-0.2, -0.15) is 0 Å². The fourth-order valence-electron chi connectivity index (χ4n) is 4.95. The fourth-order valence-corrected chi connectivity index (χ4v) is 9.57. The molecular weight excluding hydrogens is 977 g/mol. The Morgan fingerprint density at radius 3 is 1.59 bits per heavy atom. The van der Waals surface area contributed by atoms with Crippen molar-refractivity contribution in [2.45, 2.75) is 80.1 Å². The summed E-state index contributed by atoms with van der Waals surface area (Å²) < 4.78 is 73.4. The zero-order valence-corrected chi connectivity index (χ0v) is 44.0. The number of halogens is 2. The van der Waals surface area contributed by atoms with Gasteiger partial charge in [0.05, 0.1) is 42.2 Å². The van der Waals surface area contributed by atoms with Crippen LogP contribution in [-0.2, 0) is 45.5 Å². The van der Waals surface area contributed by atoms with Gasteiger partial charge in [-0.05, 0) is 101 Å². The normalized spacial score (nSPS) is 11.1. The van der Waals surface area contributed by atoms with Crippen LogP contribution in [-0.4, -0.2) is 69.6 Å². The standard InChI is InChI=1S/C16H26Cl2NO4P.C14H25N2O3P.C12H14N2O6P2/c1-3-5-7-9-22-24(21,23-10-8-6-4-2)19-13-11-14(17)16(20)15(18)12-13;1-6-16(5)13-9-10-14(12(4)11-13)15-20(17,18-7-2)19-8-3;1-18-22(17,19-2)14-12-5-3-11(4-6-12)13-20-21(9-7-15)10-8-16/h11-12,20H,3-10H2,1-2H3,(H,19,21);9-11H,6-8H2,1-5H3,(H,15,17);3-6,13,15-16H,1-2H3,(H,14,17). The van der Waals surface area contributed by atoms with E-state index < -0.39 is 31.4 Å². The molecule has 18 nitrogen and oxygen atoms in total. The SMILES string of the molecule is CCCCCOP(=O)(Nc1cc(Cl)c(O)c(Cl)c1)OCCCCC.CCOP(=O)(Nc1ccc(N(C)CC)cc1C)OCC.COP(=O)(Nc1ccc(NOP(C#CO)C#CO)cc1)OC. The molecule has 0 radical (unpaired) electrons. The molecule has 0 saturated carbocycles. The van der Waals surface area contributed by atoms with Gasteiger partial charge in [-0.3, -0.25) is 47.9 Å². The van der Waals surface area contributed by atoms with Gasteiger partial charge in [0, 0.05) is 61.9 Å². The topological polar surface area (TPSA) is 228 Å². The fraction of sp³-hybridized carbons (Fsp3) is 0.476. The Morgan fingerprint density at radius 2 is 1.15 bits per heavy atom. The highest BCUT2D eigenvalue weighted by Crippen LogP contribution is 2.51. The molecule has 0 aliphatic heterocycles. The molecule has 0 aromatic heterocycles. The molecule has 0 atom stereocenters. The highest BCUT2D eigenvalue weighted by atomic mass is 35.5. The number of aliphatic hydroxyl groups excluding tert-OH is 2. The highest BCUT2D eigenvalue weighted by molar-refractivity contribution is 7.63. The first-order valence-electron chi connectivity index (χ1n) is 20.9. The van der Waals surface area contributed by atoms with Crippen LogP contribution in [0.15, 0.2) is 54.6 Å². The molecule has 3 rings (SSSR count). The van der Waals surface area contributed by atoms with E-state index in [4.69, 9.17) is 65.2 Å². The van der Waals surface area contributed by atoms with E-state index in [0.717, 1.165) is 62.0 Å². The maximum atomic E-state index is 12.9. The summed E-state index contributed by atoms with van der Waals surface area (Å²) in [6, 6.07) is 15.3. The quantitative estimate of drug-likeness (QED) is 0.0124. The van der Waals surface area contributed by atoms with Crippen LogP contribution in [0.25, 0.3) is 0 Å². The summed E-state index contributed by atoms with van der Waals surface area (Å²) in [5, 5.41) is 35.0. The number of rotatable bonds is 27. The minimum Gasteiger partial charge on any atom is -0.505 e. The summed E-state index contributed by atoms with van der Waals surface area (Å²) in [5.74, 6) is -0.216. The van der Waals surface area contributed by atoms with Gasteiger partial charge in [0.15, 0.2) is 5.75 Å². The molecule has 0 aliphatic rings. The van der Waals surface area contributed by atoms with Gasteiger partial charge in [-0.15, -0.1) is 0 Å². The first-order valence-corrected chi connectivity index (χ1v) is 27.5. The minimum absolute atomic E-state index is 0.0634. The second kappa shape index (κ2) is 33.2. The predicted octanol–water partition coefficient (Wildman–Crippen LogP) is 13.5. The summed E-state index contributed by atoms with van der Waals surface area (Å²) in [4.78, 5) is 2.14. The van der Waals surface area contributed by atoms with Gasteiger partial charge >= 0.3 is 23.2 Å². The number of aromatic hydroxyl groups is 1. The van der Waals surface area contributed by atoms with Gasteiger partial charge in [0.25, 0.3) is 0 Å². The van der Waals surface area contributed by atoms with Crippen LogP contribution in [0.1, 0.15) is 78.7 Å². The van der Waals surface area contributed by atoms with Crippen LogP contribution >= 0.6 is 54.6 Å². The van der Waals surface area contributed by atoms with Crippen molar-refractivity contribution in [2.75, 3.05) is 79.9 Å². The molecule has 0 unspecified atom stereocenters. The molecule has 370 valence electrons. The van der Waals surface area contributed by atoms with E-state index in [1.807, 2.05) is 32.2 Å². The molecule has 0 heterocycles. The predicted molar refractivity (Wildman–Crippen MR) is 268 cm³/mol. The molecule has 3 aromatic rings. The number of aryl methyl sites for hydroxylation is 1. The average molecular weight is 1040 g/mol. The Bertz CT molecular complexity index is 2080. The molecule has 0 aliphatic carbocycles. The second-order valence-electron chi connectivity index (χ2n) is 13.4. The van der Waals surface area contributed by atoms with E-state index >= 15 is 0 Å². The maximum absolute atomic E-state index is 12.9. The summed E-state index contributed by atoms with van der Waals surface area (Å²) in [6.45, 7) is 14.1. The monoisotopic (exact) mass is 1040 g/mol. The van der Waals surface area contributed by atoms with Gasteiger partial charge in [0.1, 0.15) is 12.2 Å². The van der Waals surface area contributed by atoms with Gasteiger partial charge in [-0.25, -0.2) is 18.3 Å². The molecule has 0 amide bonds. The number of phenols is 1. The van der Waals surface area contributed by atoms with Crippen LogP contribution in [0.3, 0.4) is 0 Å². The van der Waals surface area contributed by atoms with E-state index in [0.29, 0.717) is 43.5 Å². The van der Waals surface area contributed by atoms with Crippen molar-refractivity contribution in [3.8, 4) is 29.3 Å². The van der Waals surface area contributed by atoms with E-state index in [9.17, 15) is 18.8 Å². The van der Waals surface area contributed by atoms with Crippen molar-refractivity contribution in [1.29, 1.82) is 0 Å². The zero-order valence-electron chi connectivity index (χ0n) is 38.9. The molecule has 0 spiro atoms. The number of nitrogens with zero attached hydrogens (tertiary/aromatic N) is 1. The van der Waals surface area contributed by atoms with Crippen molar-refractivity contribution < 1.29 is 60.8 Å². The lowest BCUT2D eigenvalue weighted by molar-refractivity contribution is 0.202. The Morgan fingerprint density at radius 1 is 0.667 bits per heavy atom.